The predicted molar refractivity (Wildman–Crippen MR) is 107 cm³/mol. The van der Waals surface area contributed by atoms with Crippen molar-refractivity contribution < 1.29 is 23.1 Å². The fourth-order valence-electron chi connectivity index (χ4n) is 3.14. The molecule has 3 rings (SSSR count). The fraction of sp³-hybridized carbons (Fsp3) is 0.136. The van der Waals surface area contributed by atoms with Crippen molar-refractivity contribution in [1.82, 2.24) is 0 Å². The third kappa shape index (κ3) is 4.71. The van der Waals surface area contributed by atoms with E-state index in [2.05, 4.69) is 0 Å². The van der Waals surface area contributed by atoms with Crippen molar-refractivity contribution in [2.24, 2.45) is 0 Å². The van der Waals surface area contributed by atoms with E-state index in [4.69, 9.17) is 17.3 Å². The van der Waals surface area contributed by atoms with Gasteiger partial charge in [-0.1, -0.05) is 48.0 Å². The maximum absolute atomic E-state index is 13.0. The number of rotatable bonds is 5. The molecule has 0 atom stereocenters. The Morgan fingerprint density at radius 1 is 0.966 bits per heavy atom. The van der Waals surface area contributed by atoms with Gasteiger partial charge in [0.05, 0.1) is 16.1 Å². The van der Waals surface area contributed by atoms with Gasteiger partial charge in [0.25, 0.3) is 0 Å². The van der Waals surface area contributed by atoms with Gasteiger partial charge in [0.1, 0.15) is 0 Å². The fourth-order valence-corrected chi connectivity index (χ4v) is 3.37. The predicted octanol–water partition coefficient (Wildman–Crippen LogP) is 6.09. The summed E-state index contributed by atoms with van der Waals surface area (Å²) in [5, 5.41) is 9.05. The summed E-state index contributed by atoms with van der Waals surface area (Å²) in [4.78, 5) is 11.5. The summed E-state index contributed by atoms with van der Waals surface area (Å²) in [5.41, 5.74) is 8.13. The van der Waals surface area contributed by atoms with Gasteiger partial charge < -0.3 is 10.8 Å². The Morgan fingerprint density at radius 2 is 1.59 bits per heavy atom. The Bertz CT molecular complexity index is 1050. The number of halogens is 4. The Kier molecular flexibility index (Phi) is 5.84. The highest BCUT2D eigenvalue weighted by Crippen LogP contribution is 2.35. The molecule has 3 aromatic carbocycles. The average Bonchev–Trinajstić information content (AvgIpc) is 2.66. The Hall–Kier alpha value is -2.99. The minimum atomic E-state index is -4.49. The molecule has 0 amide bonds. The SMILES string of the molecule is Nc1cccc(C(=O)O)c1-c1ccc(CCc2ccc(Cl)c(C(F)(F)F)c2)cc1. The van der Waals surface area contributed by atoms with E-state index in [1.165, 1.54) is 12.1 Å². The lowest BCUT2D eigenvalue weighted by atomic mass is 9.95. The van der Waals surface area contributed by atoms with Gasteiger partial charge in [-0.05, 0) is 53.8 Å². The third-order valence-corrected chi connectivity index (χ3v) is 4.94. The molecule has 3 nitrogen and oxygen atoms in total. The summed E-state index contributed by atoms with van der Waals surface area (Å²) in [6, 6.07) is 15.8. The molecule has 0 saturated carbocycles. The molecule has 0 radical (unpaired) electrons. The zero-order valence-corrected chi connectivity index (χ0v) is 15.9. The molecular formula is C22H17ClF3NO2. The second kappa shape index (κ2) is 8.17. The average molecular weight is 420 g/mol. The van der Waals surface area contributed by atoms with Crippen LogP contribution in [0.1, 0.15) is 27.0 Å². The second-order valence-corrected chi connectivity index (χ2v) is 6.99. The topological polar surface area (TPSA) is 63.3 Å². The highest BCUT2D eigenvalue weighted by molar-refractivity contribution is 6.31. The smallest absolute Gasteiger partial charge is 0.417 e. The van der Waals surface area contributed by atoms with Gasteiger partial charge in [0.2, 0.25) is 0 Å². The number of carboxylic acid groups (broad SMARTS) is 1. The van der Waals surface area contributed by atoms with Gasteiger partial charge in [-0.3, -0.25) is 0 Å². The standard InChI is InChI=1S/C22H17ClF3NO2/c23-18-11-8-14(12-17(18)22(24,25)26)5-4-13-6-9-15(10-7-13)20-16(21(28)29)2-1-3-19(20)27/h1-3,6-12H,4-5,27H2,(H,28,29). The van der Waals surface area contributed by atoms with E-state index < -0.39 is 17.7 Å². The normalized spacial score (nSPS) is 11.4. The lowest BCUT2D eigenvalue weighted by Gasteiger charge is -2.12. The molecule has 0 heterocycles. The summed E-state index contributed by atoms with van der Waals surface area (Å²) in [5.74, 6) is -1.07. The Balaban J connectivity index is 1.79. The number of aryl methyl sites for hydroxylation is 2. The van der Waals surface area contributed by atoms with Crippen LogP contribution in [0.5, 0.6) is 0 Å². The van der Waals surface area contributed by atoms with Gasteiger partial charge in [-0.15, -0.1) is 0 Å². The first-order valence-electron chi connectivity index (χ1n) is 8.73. The number of carbonyl (C=O) groups is 1. The van der Waals surface area contributed by atoms with E-state index in [1.54, 1.807) is 30.3 Å². The molecule has 0 aromatic heterocycles. The number of hydrogen-bond acceptors (Lipinski definition) is 2. The molecule has 29 heavy (non-hydrogen) atoms. The first kappa shape index (κ1) is 20.7. The van der Waals surface area contributed by atoms with E-state index in [1.807, 2.05) is 12.1 Å². The number of anilines is 1. The van der Waals surface area contributed by atoms with Gasteiger partial charge in [-0.2, -0.15) is 13.2 Å². The van der Waals surface area contributed by atoms with Crippen molar-refractivity contribution in [3.63, 3.8) is 0 Å². The first-order chi connectivity index (χ1) is 13.7. The molecule has 0 fully saturated rings. The summed E-state index contributed by atoms with van der Waals surface area (Å²) in [7, 11) is 0. The number of carboxylic acids is 1. The lowest BCUT2D eigenvalue weighted by molar-refractivity contribution is -0.137. The minimum absolute atomic E-state index is 0.110. The molecule has 0 unspecified atom stereocenters. The molecule has 7 heteroatoms. The monoisotopic (exact) mass is 419 g/mol. The third-order valence-electron chi connectivity index (χ3n) is 4.61. The maximum atomic E-state index is 13.0. The van der Waals surface area contributed by atoms with Crippen LogP contribution in [-0.4, -0.2) is 11.1 Å². The van der Waals surface area contributed by atoms with E-state index in [0.717, 1.165) is 11.6 Å². The molecular weight excluding hydrogens is 403 g/mol. The lowest BCUT2D eigenvalue weighted by Crippen LogP contribution is -2.07. The first-order valence-corrected chi connectivity index (χ1v) is 9.11. The van der Waals surface area contributed by atoms with Crippen LogP contribution in [0.4, 0.5) is 18.9 Å². The quantitative estimate of drug-likeness (QED) is 0.492. The van der Waals surface area contributed by atoms with E-state index in [9.17, 15) is 23.1 Å². The number of benzene rings is 3. The molecule has 0 aliphatic rings. The zero-order chi connectivity index (χ0) is 21.2. The van der Waals surface area contributed by atoms with Gasteiger partial charge >= 0.3 is 12.1 Å². The van der Waals surface area contributed by atoms with Crippen LogP contribution in [0.15, 0.2) is 60.7 Å². The summed E-state index contributed by atoms with van der Waals surface area (Å²) in [6.07, 6.45) is -3.56. The zero-order valence-electron chi connectivity index (χ0n) is 15.1. The highest BCUT2D eigenvalue weighted by atomic mass is 35.5. The molecule has 0 aliphatic heterocycles. The van der Waals surface area contributed by atoms with Crippen molar-refractivity contribution >= 4 is 23.3 Å². The largest absolute Gasteiger partial charge is 0.478 e. The van der Waals surface area contributed by atoms with Crippen LogP contribution >= 0.6 is 11.6 Å². The number of alkyl halides is 3. The van der Waals surface area contributed by atoms with Gasteiger partial charge in [0.15, 0.2) is 0 Å². The van der Waals surface area contributed by atoms with E-state index in [0.29, 0.717) is 35.2 Å². The molecule has 3 N–H and O–H groups in total. The Morgan fingerprint density at radius 3 is 2.21 bits per heavy atom. The van der Waals surface area contributed by atoms with E-state index >= 15 is 0 Å². The molecule has 0 bridgehead atoms. The number of hydrogen-bond donors (Lipinski definition) is 2. The Labute approximate surface area is 170 Å². The van der Waals surface area contributed by atoms with Crippen molar-refractivity contribution in [3.05, 3.63) is 87.9 Å². The van der Waals surface area contributed by atoms with Crippen LogP contribution < -0.4 is 5.73 Å². The second-order valence-electron chi connectivity index (χ2n) is 6.58. The van der Waals surface area contributed by atoms with E-state index in [-0.39, 0.29) is 10.6 Å². The van der Waals surface area contributed by atoms with Crippen LogP contribution in [0, 0.1) is 0 Å². The van der Waals surface area contributed by atoms with Crippen LogP contribution in [0.2, 0.25) is 5.02 Å². The van der Waals surface area contributed by atoms with Gasteiger partial charge in [-0.25, -0.2) is 4.79 Å². The molecule has 0 spiro atoms. The van der Waals surface area contributed by atoms with Crippen LogP contribution in [0.25, 0.3) is 11.1 Å². The molecule has 0 aliphatic carbocycles. The van der Waals surface area contributed by atoms with Crippen LogP contribution in [0.3, 0.4) is 0 Å². The van der Waals surface area contributed by atoms with Crippen molar-refractivity contribution in [1.29, 1.82) is 0 Å². The number of aromatic carboxylic acids is 1. The highest BCUT2D eigenvalue weighted by Gasteiger charge is 2.33. The summed E-state index contributed by atoms with van der Waals surface area (Å²) < 4.78 is 38.9. The minimum Gasteiger partial charge on any atom is -0.478 e. The maximum Gasteiger partial charge on any atom is 0.417 e. The number of nitrogens with two attached hydrogens (primary N) is 1. The summed E-state index contributed by atoms with van der Waals surface area (Å²) in [6.45, 7) is 0. The van der Waals surface area contributed by atoms with Crippen molar-refractivity contribution in [2.45, 2.75) is 19.0 Å². The number of nitrogen functional groups attached to an aromatic ring is 1. The van der Waals surface area contributed by atoms with Crippen LogP contribution in [-0.2, 0) is 19.0 Å². The molecule has 0 saturated heterocycles. The molecule has 3 aromatic rings. The van der Waals surface area contributed by atoms with Crippen molar-refractivity contribution in [3.8, 4) is 11.1 Å². The summed E-state index contributed by atoms with van der Waals surface area (Å²) >= 11 is 5.65. The molecule has 150 valence electrons. The van der Waals surface area contributed by atoms with Gasteiger partial charge in [0, 0.05) is 11.3 Å². The van der Waals surface area contributed by atoms with Crippen molar-refractivity contribution in [2.75, 3.05) is 5.73 Å².